The Morgan fingerprint density at radius 3 is 2.53 bits per heavy atom. The standard InChI is InChI=1S/C24H27N3O2S/c1-24(2)16-25-21-11-20(8-9-22(21)29-24)30-27-14-18-12-26(13-19(18)15-27)23(28)10-17-6-4-3-5-7-17/h3-9,11,25H,10,12-16H2,1-2H3. The van der Waals surface area contributed by atoms with Gasteiger partial charge in [0.15, 0.2) is 0 Å². The maximum atomic E-state index is 12.7. The summed E-state index contributed by atoms with van der Waals surface area (Å²) in [5.74, 6) is 1.14. The molecule has 5 rings (SSSR count). The van der Waals surface area contributed by atoms with Gasteiger partial charge in [-0.25, -0.2) is 4.31 Å². The van der Waals surface area contributed by atoms with E-state index in [0.29, 0.717) is 6.42 Å². The molecule has 0 spiro atoms. The van der Waals surface area contributed by atoms with E-state index in [2.05, 4.69) is 41.7 Å². The lowest BCUT2D eigenvalue weighted by molar-refractivity contribution is -0.129. The van der Waals surface area contributed by atoms with Crippen LogP contribution < -0.4 is 10.1 Å². The molecule has 1 amide bonds. The van der Waals surface area contributed by atoms with Crippen LogP contribution in [-0.2, 0) is 11.2 Å². The number of anilines is 1. The van der Waals surface area contributed by atoms with Crippen LogP contribution in [-0.4, -0.2) is 53.4 Å². The molecule has 5 nitrogen and oxygen atoms in total. The second-order valence-corrected chi connectivity index (χ2v) is 10.1. The van der Waals surface area contributed by atoms with Gasteiger partial charge >= 0.3 is 0 Å². The SMILES string of the molecule is CC1(C)CNc2cc(SN3CC4=C(C3)CN(C(=O)Cc3ccccc3)C4)ccc2O1. The van der Waals surface area contributed by atoms with Gasteiger partial charge in [0.2, 0.25) is 5.91 Å². The molecule has 0 aliphatic carbocycles. The van der Waals surface area contributed by atoms with Crippen LogP contribution >= 0.6 is 11.9 Å². The second kappa shape index (κ2) is 7.67. The fourth-order valence-corrected chi connectivity index (χ4v) is 5.29. The number of carbonyl (C=O) groups is 1. The van der Waals surface area contributed by atoms with E-state index in [1.807, 2.05) is 35.2 Å². The molecule has 156 valence electrons. The van der Waals surface area contributed by atoms with Crippen LogP contribution in [0.2, 0.25) is 0 Å². The number of nitrogens with one attached hydrogen (secondary N) is 1. The summed E-state index contributed by atoms with van der Waals surface area (Å²) in [6, 6.07) is 16.4. The first-order chi connectivity index (χ1) is 14.4. The first-order valence-electron chi connectivity index (χ1n) is 10.5. The van der Waals surface area contributed by atoms with E-state index in [1.54, 1.807) is 11.9 Å². The Morgan fingerprint density at radius 2 is 1.80 bits per heavy atom. The minimum Gasteiger partial charge on any atom is -0.484 e. The van der Waals surface area contributed by atoms with Gasteiger partial charge in [0, 0.05) is 31.1 Å². The maximum Gasteiger partial charge on any atom is 0.227 e. The van der Waals surface area contributed by atoms with E-state index in [4.69, 9.17) is 4.74 Å². The highest BCUT2D eigenvalue weighted by Gasteiger charge is 2.33. The molecule has 1 N–H and O–H groups in total. The fraction of sp³-hybridized carbons (Fsp3) is 0.375. The molecular formula is C24H27N3O2S. The number of benzene rings is 2. The number of nitrogens with zero attached hydrogens (tertiary/aromatic N) is 2. The van der Waals surface area contributed by atoms with Crippen LogP contribution in [0.5, 0.6) is 5.75 Å². The first-order valence-corrected chi connectivity index (χ1v) is 11.2. The molecule has 0 bridgehead atoms. The number of rotatable bonds is 4. The average Bonchev–Trinajstić information content (AvgIpc) is 3.27. The number of carbonyl (C=O) groups excluding carboxylic acids is 1. The van der Waals surface area contributed by atoms with Crippen molar-refractivity contribution in [2.45, 2.75) is 30.8 Å². The highest BCUT2D eigenvalue weighted by molar-refractivity contribution is 7.97. The molecule has 0 atom stereocenters. The molecule has 30 heavy (non-hydrogen) atoms. The van der Waals surface area contributed by atoms with Crippen molar-refractivity contribution < 1.29 is 9.53 Å². The minimum absolute atomic E-state index is 0.175. The van der Waals surface area contributed by atoms with E-state index in [1.165, 1.54) is 16.0 Å². The van der Waals surface area contributed by atoms with Crippen molar-refractivity contribution in [1.29, 1.82) is 0 Å². The van der Waals surface area contributed by atoms with Crippen LogP contribution in [0, 0.1) is 0 Å². The van der Waals surface area contributed by atoms with Gasteiger partial charge in [-0.1, -0.05) is 30.3 Å². The van der Waals surface area contributed by atoms with Crippen molar-refractivity contribution in [2.75, 3.05) is 38.0 Å². The van der Waals surface area contributed by atoms with E-state index >= 15 is 0 Å². The Labute approximate surface area is 182 Å². The Hall–Kier alpha value is -2.44. The third-order valence-corrected chi connectivity index (χ3v) is 6.81. The topological polar surface area (TPSA) is 44.8 Å². The fourth-order valence-electron chi connectivity index (χ4n) is 4.25. The zero-order chi connectivity index (χ0) is 20.7. The number of ether oxygens (including phenoxy) is 1. The van der Waals surface area contributed by atoms with Gasteiger partial charge < -0.3 is 15.0 Å². The molecule has 0 fully saturated rings. The molecule has 2 aromatic rings. The van der Waals surface area contributed by atoms with Crippen LogP contribution in [0.15, 0.2) is 64.6 Å². The molecule has 2 aromatic carbocycles. The van der Waals surface area contributed by atoms with Gasteiger partial charge in [-0.2, -0.15) is 0 Å². The van der Waals surface area contributed by atoms with Crippen molar-refractivity contribution >= 4 is 23.5 Å². The van der Waals surface area contributed by atoms with Gasteiger partial charge in [0.05, 0.1) is 18.7 Å². The van der Waals surface area contributed by atoms with Crippen LogP contribution in [0.1, 0.15) is 19.4 Å². The van der Waals surface area contributed by atoms with Crippen molar-refractivity contribution in [3.05, 3.63) is 65.2 Å². The highest BCUT2D eigenvalue weighted by Crippen LogP contribution is 2.38. The Kier molecular flexibility index (Phi) is 4.99. The maximum absolute atomic E-state index is 12.7. The summed E-state index contributed by atoms with van der Waals surface area (Å²) in [7, 11) is 0. The van der Waals surface area contributed by atoms with Crippen molar-refractivity contribution in [2.24, 2.45) is 0 Å². The number of hydrogen-bond acceptors (Lipinski definition) is 5. The van der Waals surface area contributed by atoms with Crippen molar-refractivity contribution in [1.82, 2.24) is 9.21 Å². The molecule has 0 aromatic heterocycles. The first kappa shape index (κ1) is 19.5. The quantitative estimate of drug-likeness (QED) is 0.598. The number of amides is 1. The second-order valence-electron chi connectivity index (χ2n) is 8.88. The normalized spacial score (nSPS) is 19.9. The van der Waals surface area contributed by atoms with Crippen LogP contribution in [0.25, 0.3) is 0 Å². The predicted octanol–water partition coefficient (Wildman–Crippen LogP) is 3.97. The molecule has 3 aliphatic rings. The Morgan fingerprint density at radius 1 is 1.07 bits per heavy atom. The molecule has 6 heteroatoms. The molecule has 3 aliphatic heterocycles. The van der Waals surface area contributed by atoms with E-state index in [-0.39, 0.29) is 11.5 Å². The molecule has 0 saturated carbocycles. The van der Waals surface area contributed by atoms with Gasteiger partial charge in [-0.3, -0.25) is 4.79 Å². The van der Waals surface area contributed by atoms with Gasteiger partial charge in [0.25, 0.3) is 0 Å². The van der Waals surface area contributed by atoms with Gasteiger partial charge in [-0.05, 0) is 60.7 Å². The highest BCUT2D eigenvalue weighted by atomic mass is 32.2. The number of fused-ring (bicyclic) bond motifs is 1. The third kappa shape index (κ3) is 4.07. The Balaban J connectivity index is 1.16. The van der Waals surface area contributed by atoms with Crippen LogP contribution in [0.3, 0.4) is 0 Å². The lowest BCUT2D eigenvalue weighted by Gasteiger charge is -2.33. The molecule has 3 heterocycles. The summed E-state index contributed by atoms with van der Waals surface area (Å²) in [5, 5.41) is 3.48. The molecule has 0 unspecified atom stereocenters. The average molecular weight is 422 g/mol. The van der Waals surface area contributed by atoms with Gasteiger partial charge in [-0.15, -0.1) is 0 Å². The summed E-state index contributed by atoms with van der Waals surface area (Å²) in [5.41, 5.74) is 4.79. The number of hydrogen-bond donors (Lipinski definition) is 1. The smallest absolute Gasteiger partial charge is 0.227 e. The molecular weight excluding hydrogens is 394 g/mol. The zero-order valence-corrected chi connectivity index (χ0v) is 18.3. The zero-order valence-electron chi connectivity index (χ0n) is 17.5. The van der Waals surface area contributed by atoms with Crippen molar-refractivity contribution in [3.63, 3.8) is 0 Å². The summed E-state index contributed by atoms with van der Waals surface area (Å²) >= 11 is 1.79. The minimum atomic E-state index is -0.175. The van der Waals surface area contributed by atoms with Crippen LogP contribution in [0.4, 0.5) is 5.69 Å². The monoisotopic (exact) mass is 421 g/mol. The predicted molar refractivity (Wildman–Crippen MR) is 121 cm³/mol. The molecule has 0 saturated heterocycles. The summed E-state index contributed by atoms with van der Waals surface area (Å²) in [4.78, 5) is 15.9. The lowest BCUT2D eigenvalue weighted by Crippen LogP contribution is -2.39. The van der Waals surface area contributed by atoms with Crippen molar-refractivity contribution in [3.8, 4) is 5.75 Å². The van der Waals surface area contributed by atoms with Gasteiger partial charge in [0.1, 0.15) is 11.4 Å². The summed E-state index contributed by atoms with van der Waals surface area (Å²) in [6.07, 6.45) is 0.487. The Bertz CT molecular complexity index is 985. The largest absolute Gasteiger partial charge is 0.484 e. The third-order valence-electron chi connectivity index (χ3n) is 5.83. The summed E-state index contributed by atoms with van der Waals surface area (Å²) in [6.45, 7) is 8.38. The van der Waals surface area contributed by atoms with E-state index in [0.717, 1.165) is 49.7 Å². The molecule has 0 radical (unpaired) electrons. The lowest BCUT2D eigenvalue weighted by atomic mass is 10.1. The van der Waals surface area contributed by atoms with E-state index in [9.17, 15) is 4.79 Å². The van der Waals surface area contributed by atoms with E-state index < -0.39 is 0 Å². The summed E-state index contributed by atoms with van der Waals surface area (Å²) < 4.78 is 8.44.